The Morgan fingerprint density at radius 3 is 0.952 bits per heavy atom. The van der Waals surface area contributed by atoms with Crippen molar-refractivity contribution in [3.8, 4) is 0 Å². The molecule has 0 N–H and O–H groups in total. The predicted octanol–water partition coefficient (Wildman–Crippen LogP) is 17.5. The zero-order valence-corrected chi connectivity index (χ0v) is 41.1. The van der Waals surface area contributed by atoms with E-state index in [2.05, 4.69) is 69.4 Å². The Kier molecular flexibility index (Phi) is 48.8. The van der Waals surface area contributed by atoms with Gasteiger partial charge in [-0.25, -0.2) is 0 Å². The number of carbonyl (C=O) groups is 3. The van der Waals surface area contributed by atoms with Crippen LogP contribution in [0, 0.1) is 0 Å². The van der Waals surface area contributed by atoms with Gasteiger partial charge in [0.15, 0.2) is 6.10 Å². The standard InChI is InChI=1S/C56H100O6/c1-4-7-10-13-16-19-22-24-26-27-28-29-30-32-34-37-40-43-46-49-55(58)61-52-53(51-60-54(57)48-45-42-39-36-33-21-18-15-12-9-6-3)62-56(59)50-47-44-41-38-35-31-25-23-20-17-14-11-8-5-2/h14-15,17-18,23-26,53H,4-13,16,19-22,27-52H2,1-3H3/b17-14-,18-15-,25-23-,26-24-. The highest BCUT2D eigenvalue weighted by molar-refractivity contribution is 5.71. The Morgan fingerprint density at radius 1 is 0.323 bits per heavy atom. The molecule has 0 saturated heterocycles. The molecule has 0 aliphatic carbocycles. The Hall–Kier alpha value is -2.63. The second-order valence-electron chi connectivity index (χ2n) is 17.8. The van der Waals surface area contributed by atoms with Crippen LogP contribution >= 0.6 is 0 Å². The predicted molar refractivity (Wildman–Crippen MR) is 265 cm³/mol. The third kappa shape index (κ3) is 48.4. The van der Waals surface area contributed by atoms with E-state index in [1.165, 1.54) is 141 Å². The highest BCUT2D eigenvalue weighted by atomic mass is 16.6. The average Bonchev–Trinajstić information content (AvgIpc) is 3.27. The molecule has 1 unspecified atom stereocenters. The SMILES string of the molecule is CCCC/C=C\C/C=C\CCCCCCCC(=O)OC(COC(=O)CCCCCCC/C=C\CCCC)COC(=O)CCCCCCCCCCC/C=C\CCCCCCCC. The average molecular weight is 869 g/mol. The van der Waals surface area contributed by atoms with E-state index >= 15 is 0 Å². The molecule has 360 valence electrons. The molecule has 1 atom stereocenters. The van der Waals surface area contributed by atoms with Gasteiger partial charge in [0, 0.05) is 19.3 Å². The molecule has 0 aliphatic heterocycles. The number of hydrogen-bond donors (Lipinski definition) is 0. The minimum Gasteiger partial charge on any atom is -0.462 e. The zero-order chi connectivity index (χ0) is 45.1. The molecule has 0 spiro atoms. The maximum absolute atomic E-state index is 12.8. The van der Waals surface area contributed by atoms with Crippen LogP contribution in [0.15, 0.2) is 48.6 Å². The fraction of sp³-hybridized carbons (Fsp3) is 0.804. The van der Waals surface area contributed by atoms with Crippen LogP contribution in [0.1, 0.15) is 271 Å². The summed E-state index contributed by atoms with van der Waals surface area (Å²) in [6.45, 7) is 6.55. The Bertz CT molecular complexity index is 1090. The third-order valence-electron chi connectivity index (χ3n) is 11.5. The second kappa shape index (κ2) is 51.0. The normalized spacial score (nSPS) is 12.4. The number of rotatable bonds is 48. The number of hydrogen-bond acceptors (Lipinski definition) is 6. The Labute approximate surface area is 384 Å². The van der Waals surface area contributed by atoms with E-state index < -0.39 is 6.10 Å². The summed E-state index contributed by atoms with van der Waals surface area (Å²) in [5.41, 5.74) is 0. The summed E-state index contributed by atoms with van der Waals surface area (Å²) in [5, 5.41) is 0. The minimum absolute atomic E-state index is 0.0816. The molecule has 6 heteroatoms. The van der Waals surface area contributed by atoms with Crippen molar-refractivity contribution in [1.82, 2.24) is 0 Å². The summed E-state index contributed by atoms with van der Waals surface area (Å²) in [7, 11) is 0. The number of allylic oxidation sites excluding steroid dienone is 8. The fourth-order valence-corrected chi connectivity index (χ4v) is 7.43. The summed E-state index contributed by atoms with van der Waals surface area (Å²) in [5.74, 6) is -0.901. The van der Waals surface area contributed by atoms with E-state index in [4.69, 9.17) is 14.2 Å². The first-order valence-electron chi connectivity index (χ1n) is 26.6. The number of carbonyl (C=O) groups excluding carboxylic acids is 3. The molecular formula is C56H100O6. The van der Waals surface area contributed by atoms with Crippen molar-refractivity contribution in [1.29, 1.82) is 0 Å². The first-order chi connectivity index (χ1) is 30.5. The lowest BCUT2D eigenvalue weighted by atomic mass is 10.1. The fourth-order valence-electron chi connectivity index (χ4n) is 7.43. The van der Waals surface area contributed by atoms with Crippen LogP contribution in [-0.4, -0.2) is 37.2 Å². The van der Waals surface area contributed by atoms with E-state index in [-0.39, 0.29) is 31.1 Å². The van der Waals surface area contributed by atoms with Gasteiger partial charge in [-0.1, -0.05) is 211 Å². The van der Waals surface area contributed by atoms with Crippen LogP contribution in [0.5, 0.6) is 0 Å². The summed E-state index contributed by atoms with van der Waals surface area (Å²) in [4.78, 5) is 38.0. The van der Waals surface area contributed by atoms with Gasteiger partial charge in [0.2, 0.25) is 0 Å². The monoisotopic (exact) mass is 869 g/mol. The van der Waals surface area contributed by atoms with Crippen molar-refractivity contribution in [2.75, 3.05) is 13.2 Å². The van der Waals surface area contributed by atoms with Gasteiger partial charge in [0.05, 0.1) is 0 Å². The molecule has 0 fully saturated rings. The number of esters is 3. The lowest BCUT2D eigenvalue weighted by Gasteiger charge is -2.18. The molecule has 0 aromatic heterocycles. The highest BCUT2D eigenvalue weighted by Crippen LogP contribution is 2.15. The first kappa shape index (κ1) is 59.4. The first-order valence-corrected chi connectivity index (χ1v) is 26.6. The van der Waals surface area contributed by atoms with Gasteiger partial charge in [-0.3, -0.25) is 14.4 Å². The van der Waals surface area contributed by atoms with Gasteiger partial charge in [-0.15, -0.1) is 0 Å². The van der Waals surface area contributed by atoms with Gasteiger partial charge in [-0.2, -0.15) is 0 Å². The second-order valence-corrected chi connectivity index (χ2v) is 17.8. The van der Waals surface area contributed by atoms with Crippen LogP contribution < -0.4 is 0 Å². The lowest BCUT2D eigenvalue weighted by Crippen LogP contribution is -2.30. The van der Waals surface area contributed by atoms with Gasteiger partial charge in [0.25, 0.3) is 0 Å². The van der Waals surface area contributed by atoms with Crippen molar-refractivity contribution in [3.63, 3.8) is 0 Å². The van der Waals surface area contributed by atoms with E-state index in [0.29, 0.717) is 19.3 Å². The van der Waals surface area contributed by atoms with Gasteiger partial charge in [0.1, 0.15) is 13.2 Å². The van der Waals surface area contributed by atoms with Gasteiger partial charge < -0.3 is 14.2 Å². The van der Waals surface area contributed by atoms with Crippen molar-refractivity contribution >= 4 is 17.9 Å². The summed E-state index contributed by atoms with van der Waals surface area (Å²) in [6.07, 6.45) is 60.9. The summed E-state index contributed by atoms with van der Waals surface area (Å²) >= 11 is 0. The van der Waals surface area contributed by atoms with E-state index in [1.807, 2.05) is 0 Å². The molecule has 0 amide bonds. The molecule has 0 aromatic rings. The molecule has 0 bridgehead atoms. The molecule has 62 heavy (non-hydrogen) atoms. The summed E-state index contributed by atoms with van der Waals surface area (Å²) < 4.78 is 16.8. The third-order valence-corrected chi connectivity index (χ3v) is 11.5. The smallest absolute Gasteiger partial charge is 0.306 e. The summed E-state index contributed by atoms with van der Waals surface area (Å²) in [6, 6.07) is 0. The van der Waals surface area contributed by atoms with Gasteiger partial charge >= 0.3 is 17.9 Å². The topological polar surface area (TPSA) is 78.9 Å². The maximum atomic E-state index is 12.8. The van der Waals surface area contributed by atoms with Gasteiger partial charge in [-0.05, 0) is 89.9 Å². The molecule has 0 heterocycles. The van der Waals surface area contributed by atoms with Crippen LogP contribution in [0.2, 0.25) is 0 Å². The number of unbranched alkanes of at least 4 members (excludes halogenated alkanes) is 29. The molecule has 0 radical (unpaired) electrons. The van der Waals surface area contributed by atoms with Crippen LogP contribution in [0.4, 0.5) is 0 Å². The molecule has 0 aromatic carbocycles. The molecule has 6 nitrogen and oxygen atoms in total. The van der Waals surface area contributed by atoms with Crippen LogP contribution in [0.25, 0.3) is 0 Å². The molecular weight excluding hydrogens is 769 g/mol. The van der Waals surface area contributed by atoms with E-state index in [9.17, 15) is 14.4 Å². The Morgan fingerprint density at radius 2 is 0.597 bits per heavy atom. The minimum atomic E-state index is -0.782. The van der Waals surface area contributed by atoms with Crippen molar-refractivity contribution in [3.05, 3.63) is 48.6 Å². The molecule has 0 aliphatic rings. The molecule has 0 saturated carbocycles. The highest BCUT2D eigenvalue weighted by Gasteiger charge is 2.19. The number of ether oxygens (including phenoxy) is 3. The molecule has 0 rings (SSSR count). The van der Waals surface area contributed by atoms with Crippen molar-refractivity contribution < 1.29 is 28.6 Å². The maximum Gasteiger partial charge on any atom is 0.306 e. The largest absolute Gasteiger partial charge is 0.462 e. The van der Waals surface area contributed by atoms with Crippen molar-refractivity contribution in [2.24, 2.45) is 0 Å². The zero-order valence-electron chi connectivity index (χ0n) is 41.1. The van der Waals surface area contributed by atoms with Crippen LogP contribution in [-0.2, 0) is 28.6 Å². The Balaban J connectivity index is 4.33. The lowest BCUT2D eigenvalue weighted by molar-refractivity contribution is -0.167. The quantitative estimate of drug-likeness (QED) is 0.0262. The van der Waals surface area contributed by atoms with E-state index in [0.717, 1.165) is 89.9 Å². The van der Waals surface area contributed by atoms with E-state index in [1.54, 1.807) is 0 Å². The van der Waals surface area contributed by atoms with Crippen LogP contribution in [0.3, 0.4) is 0 Å². The van der Waals surface area contributed by atoms with Crippen molar-refractivity contribution in [2.45, 2.75) is 277 Å².